The third kappa shape index (κ3) is 9.02. The minimum atomic E-state index is -5.08. The Bertz CT molecular complexity index is 1520. The smallest absolute Gasteiger partial charge is 0.478 e. The van der Waals surface area contributed by atoms with Crippen molar-refractivity contribution in [3.8, 4) is 0 Å². The van der Waals surface area contributed by atoms with Crippen molar-refractivity contribution in [2.45, 2.75) is 51.4 Å². The van der Waals surface area contributed by atoms with Crippen molar-refractivity contribution in [2.24, 2.45) is 0 Å². The number of pyridine rings is 1. The first-order chi connectivity index (χ1) is 19.0. The standard InChI is InChI=1S/C23H27N5O5S.C2HF3O2/c1-5-10-28-19(11-15(2)25-28)14-27(4)22-21(23(30)31)12-18(13-24-22)26-34(32,33)20-8-6-17(7-9-20)16(3)29;3-2(4,5)1(6)7/h6-9,11-13,26H,5,10,14H2,1-4H3,(H,30,31);(H,6,7). The second-order valence-electron chi connectivity index (χ2n) is 8.75. The first-order valence-corrected chi connectivity index (χ1v) is 13.4. The fourth-order valence-electron chi connectivity index (χ4n) is 3.51. The number of rotatable bonds is 10. The summed E-state index contributed by atoms with van der Waals surface area (Å²) in [6.07, 6.45) is -2.91. The molecule has 0 aliphatic carbocycles. The summed E-state index contributed by atoms with van der Waals surface area (Å²) in [6, 6.07) is 8.63. The lowest BCUT2D eigenvalue weighted by Crippen LogP contribution is -2.23. The van der Waals surface area contributed by atoms with Crippen LogP contribution in [0.2, 0.25) is 0 Å². The van der Waals surface area contributed by atoms with Crippen molar-refractivity contribution >= 4 is 39.3 Å². The van der Waals surface area contributed by atoms with E-state index in [9.17, 15) is 36.3 Å². The number of nitrogens with one attached hydrogen (secondary N) is 1. The maximum atomic E-state index is 12.7. The molecule has 0 saturated carbocycles. The van der Waals surface area contributed by atoms with Crippen LogP contribution < -0.4 is 9.62 Å². The highest BCUT2D eigenvalue weighted by atomic mass is 32.2. The van der Waals surface area contributed by atoms with Gasteiger partial charge in [0.15, 0.2) is 5.78 Å². The van der Waals surface area contributed by atoms with Gasteiger partial charge in [0.1, 0.15) is 11.4 Å². The van der Waals surface area contributed by atoms with Gasteiger partial charge in [-0.2, -0.15) is 18.3 Å². The van der Waals surface area contributed by atoms with Gasteiger partial charge in [-0.1, -0.05) is 19.1 Å². The van der Waals surface area contributed by atoms with Crippen molar-refractivity contribution in [2.75, 3.05) is 16.7 Å². The van der Waals surface area contributed by atoms with Crippen LogP contribution in [0.3, 0.4) is 0 Å². The molecule has 2 heterocycles. The number of hydrogen-bond donors (Lipinski definition) is 3. The maximum absolute atomic E-state index is 12.7. The molecule has 3 N–H and O–H groups in total. The Kier molecular flexibility index (Phi) is 10.6. The summed E-state index contributed by atoms with van der Waals surface area (Å²) in [4.78, 5) is 38.1. The van der Waals surface area contributed by atoms with Crippen molar-refractivity contribution in [1.82, 2.24) is 14.8 Å². The molecule has 0 fully saturated rings. The second kappa shape index (κ2) is 13.3. The Hall–Kier alpha value is -4.47. The molecule has 3 aromatic rings. The van der Waals surface area contributed by atoms with E-state index < -0.39 is 28.1 Å². The van der Waals surface area contributed by atoms with E-state index in [-0.39, 0.29) is 27.7 Å². The zero-order chi connectivity index (χ0) is 31.1. The van der Waals surface area contributed by atoms with Gasteiger partial charge in [-0.3, -0.25) is 14.2 Å². The predicted molar refractivity (Wildman–Crippen MR) is 142 cm³/mol. The molecule has 0 saturated heterocycles. The highest BCUT2D eigenvalue weighted by molar-refractivity contribution is 7.92. The second-order valence-corrected chi connectivity index (χ2v) is 10.4. The van der Waals surface area contributed by atoms with Crippen LogP contribution in [0.25, 0.3) is 0 Å². The first kappa shape index (κ1) is 32.7. The highest BCUT2D eigenvalue weighted by Crippen LogP contribution is 2.24. The average Bonchev–Trinajstić information content (AvgIpc) is 3.21. The number of hydrogen-bond acceptors (Lipinski definition) is 8. The van der Waals surface area contributed by atoms with Crippen LogP contribution in [0, 0.1) is 6.92 Å². The van der Waals surface area contributed by atoms with Crippen molar-refractivity contribution in [3.05, 3.63) is 65.1 Å². The SMILES string of the molecule is CCCn1nc(C)cc1CN(C)c1ncc(NS(=O)(=O)c2ccc(C(C)=O)cc2)cc1C(=O)O.O=C(O)C(F)(F)F. The molecule has 0 bridgehead atoms. The monoisotopic (exact) mass is 599 g/mol. The van der Waals surface area contributed by atoms with E-state index in [1.807, 2.05) is 24.6 Å². The molecule has 0 amide bonds. The highest BCUT2D eigenvalue weighted by Gasteiger charge is 2.38. The number of halogens is 3. The summed E-state index contributed by atoms with van der Waals surface area (Å²) in [5.74, 6) is -3.98. The van der Waals surface area contributed by atoms with Crippen LogP contribution in [-0.2, 0) is 27.9 Å². The summed E-state index contributed by atoms with van der Waals surface area (Å²) in [7, 11) is -2.29. The summed E-state index contributed by atoms with van der Waals surface area (Å²) >= 11 is 0. The van der Waals surface area contributed by atoms with E-state index in [0.717, 1.165) is 24.4 Å². The number of carbonyl (C=O) groups is 3. The number of sulfonamides is 1. The van der Waals surface area contributed by atoms with E-state index >= 15 is 0 Å². The van der Waals surface area contributed by atoms with Crippen LogP contribution in [0.5, 0.6) is 0 Å². The van der Waals surface area contributed by atoms with Gasteiger partial charge in [0.05, 0.1) is 34.7 Å². The molecule has 1 aromatic carbocycles. The van der Waals surface area contributed by atoms with Crippen LogP contribution in [0.15, 0.2) is 47.5 Å². The predicted octanol–water partition coefficient (Wildman–Crippen LogP) is 3.97. The molecule has 12 nitrogen and oxygen atoms in total. The fraction of sp³-hybridized carbons (Fsp3) is 0.320. The van der Waals surface area contributed by atoms with Crippen LogP contribution in [0.4, 0.5) is 24.7 Å². The molecule has 3 rings (SSSR count). The van der Waals surface area contributed by atoms with Gasteiger partial charge >= 0.3 is 18.1 Å². The van der Waals surface area contributed by atoms with Gasteiger partial charge in [0.2, 0.25) is 0 Å². The number of nitrogens with zero attached hydrogens (tertiary/aromatic N) is 4. The minimum Gasteiger partial charge on any atom is -0.478 e. The number of benzene rings is 1. The number of aromatic nitrogens is 3. The van der Waals surface area contributed by atoms with Crippen molar-refractivity contribution < 1.29 is 46.2 Å². The van der Waals surface area contributed by atoms with Gasteiger partial charge in [0.25, 0.3) is 10.0 Å². The molecule has 0 atom stereocenters. The number of aromatic carboxylic acids is 1. The molecule has 16 heteroatoms. The lowest BCUT2D eigenvalue weighted by molar-refractivity contribution is -0.192. The third-order valence-electron chi connectivity index (χ3n) is 5.34. The Morgan fingerprint density at radius 2 is 1.68 bits per heavy atom. The number of ketones is 1. The molecule has 0 radical (unpaired) electrons. The van der Waals surface area contributed by atoms with Crippen molar-refractivity contribution in [3.63, 3.8) is 0 Å². The topological polar surface area (TPSA) is 172 Å². The number of carbonyl (C=O) groups excluding carboxylic acids is 1. The van der Waals surface area contributed by atoms with E-state index in [0.29, 0.717) is 12.1 Å². The number of aryl methyl sites for hydroxylation is 2. The van der Waals surface area contributed by atoms with Gasteiger partial charge in [-0.25, -0.2) is 23.0 Å². The number of Topliss-reactive ketones (excluding diaryl/α,β-unsaturated/α-hetero) is 1. The molecule has 222 valence electrons. The van der Waals surface area contributed by atoms with E-state index in [4.69, 9.17) is 9.90 Å². The molecule has 0 unspecified atom stereocenters. The summed E-state index contributed by atoms with van der Waals surface area (Å²) in [6.45, 7) is 6.45. The fourth-order valence-corrected chi connectivity index (χ4v) is 4.54. The third-order valence-corrected chi connectivity index (χ3v) is 6.74. The van der Waals surface area contributed by atoms with Crippen LogP contribution >= 0.6 is 0 Å². The average molecular weight is 600 g/mol. The minimum absolute atomic E-state index is 0.0112. The Balaban J connectivity index is 0.000000745. The number of carboxylic acids is 2. The van der Waals surface area contributed by atoms with Gasteiger partial charge in [0, 0.05) is 19.2 Å². The van der Waals surface area contributed by atoms with E-state index in [1.54, 1.807) is 11.9 Å². The Labute approximate surface area is 233 Å². The molecule has 0 aliphatic rings. The molecule has 0 spiro atoms. The molecule has 41 heavy (non-hydrogen) atoms. The lowest BCUT2D eigenvalue weighted by atomic mass is 10.2. The van der Waals surface area contributed by atoms with E-state index in [2.05, 4.69) is 14.8 Å². The Morgan fingerprint density at radius 1 is 1.10 bits per heavy atom. The number of aliphatic carboxylic acids is 1. The summed E-state index contributed by atoms with van der Waals surface area (Å²) in [5.41, 5.74) is 2.03. The number of alkyl halides is 3. The van der Waals surface area contributed by atoms with Crippen LogP contribution in [-0.4, -0.2) is 64.3 Å². The van der Waals surface area contributed by atoms with E-state index in [1.165, 1.54) is 43.5 Å². The Morgan fingerprint density at radius 3 is 2.17 bits per heavy atom. The quantitative estimate of drug-likeness (QED) is 0.290. The normalized spacial score (nSPS) is 11.3. The number of anilines is 2. The van der Waals surface area contributed by atoms with Gasteiger partial charge in [-0.05, 0) is 44.5 Å². The van der Waals surface area contributed by atoms with Crippen LogP contribution in [0.1, 0.15) is 52.4 Å². The summed E-state index contributed by atoms with van der Waals surface area (Å²) < 4.78 is 61.4. The van der Waals surface area contributed by atoms with Crippen molar-refractivity contribution in [1.29, 1.82) is 0 Å². The summed E-state index contributed by atoms with van der Waals surface area (Å²) in [5, 5.41) is 21.3. The molecular formula is C25H28F3N5O7S. The zero-order valence-corrected chi connectivity index (χ0v) is 23.2. The largest absolute Gasteiger partial charge is 0.490 e. The molecule has 0 aliphatic heterocycles. The van der Waals surface area contributed by atoms with Gasteiger partial charge < -0.3 is 15.1 Å². The maximum Gasteiger partial charge on any atom is 0.490 e. The zero-order valence-electron chi connectivity index (χ0n) is 22.4. The number of carboxylic acid groups (broad SMARTS) is 2. The lowest BCUT2D eigenvalue weighted by Gasteiger charge is -2.21. The molecular weight excluding hydrogens is 571 g/mol. The van der Waals surface area contributed by atoms with Gasteiger partial charge in [-0.15, -0.1) is 0 Å². The molecule has 2 aromatic heterocycles. The first-order valence-electron chi connectivity index (χ1n) is 11.9.